The summed E-state index contributed by atoms with van der Waals surface area (Å²) < 4.78 is 0. The zero-order chi connectivity index (χ0) is 37.9. The fourth-order valence-electron chi connectivity index (χ4n) is 9.04. The van der Waals surface area contributed by atoms with Crippen LogP contribution in [0.2, 0.25) is 0 Å². The second-order valence-electron chi connectivity index (χ2n) is 15.3. The number of aromatic amines is 2. The molecule has 0 fully saturated rings. The van der Waals surface area contributed by atoms with Gasteiger partial charge in [0.15, 0.2) is 0 Å². The zero-order valence-corrected chi connectivity index (χ0v) is 31.8. The Morgan fingerprint density at radius 2 is 0.860 bits per heavy atom. The van der Waals surface area contributed by atoms with Crippen LogP contribution in [0.15, 0.2) is 164 Å². The SMILES string of the molecule is CCCCCc1ccc(-c2c3nc(cc4[nH]c(c(-c5ccccc5)c5nc(cc6[nH]c2c2ccccc62)-c2ccccc2-5)c2ccccc42)-c2ccccc2-3)cc1. The van der Waals surface area contributed by atoms with Gasteiger partial charge in [0.1, 0.15) is 0 Å². The Kier molecular flexibility index (Phi) is 7.95. The maximum Gasteiger partial charge on any atom is 0.0815 e. The van der Waals surface area contributed by atoms with Gasteiger partial charge in [0.25, 0.3) is 0 Å². The summed E-state index contributed by atoms with van der Waals surface area (Å²) in [5.41, 5.74) is 18.2. The van der Waals surface area contributed by atoms with Gasteiger partial charge in [0, 0.05) is 66.0 Å². The average molecular weight is 733 g/mol. The molecule has 6 aromatic carbocycles. The van der Waals surface area contributed by atoms with Crippen LogP contribution < -0.4 is 0 Å². The normalized spacial score (nSPS) is 11.9. The number of hydrogen-bond donors (Lipinski definition) is 2. The van der Waals surface area contributed by atoms with Crippen molar-refractivity contribution in [2.45, 2.75) is 32.6 Å². The first-order valence-corrected chi connectivity index (χ1v) is 20.2. The number of nitrogens with zero attached hydrogens (tertiary/aromatic N) is 2. The van der Waals surface area contributed by atoms with Crippen LogP contribution in [-0.4, -0.2) is 19.9 Å². The Morgan fingerprint density at radius 3 is 1.37 bits per heavy atom. The van der Waals surface area contributed by atoms with Gasteiger partial charge in [-0.05, 0) is 41.7 Å². The van der Waals surface area contributed by atoms with Crippen LogP contribution in [0.25, 0.3) is 111 Å². The van der Waals surface area contributed by atoms with Crippen molar-refractivity contribution >= 4 is 43.6 Å². The molecule has 2 aliphatic rings. The van der Waals surface area contributed by atoms with Crippen molar-refractivity contribution < 1.29 is 0 Å². The maximum atomic E-state index is 5.61. The van der Waals surface area contributed by atoms with E-state index in [0.717, 1.165) is 117 Å². The van der Waals surface area contributed by atoms with E-state index in [0.29, 0.717) is 0 Å². The molecule has 9 aromatic rings. The monoisotopic (exact) mass is 732 g/mol. The van der Waals surface area contributed by atoms with Gasteiger partial charge in [0.2, 0.25) is 0 Å². The van der Waals surface area contributed by atoms with Crippen molar-refractivity contribution in [3.8, 4) is 67.3 Å². The molecule has 8 bridgehead atoms. The van der Waals surface area contributed by atoms with Gasteiger partial charge >= 0.3 is 0 Å². The Bertz CT molecular complexity index is 3190. The molecule has 57 heavy (non-hydrogen) atoms. The summed E-state index contributed by atoms with van der Waals surface area (Å²) in [6.45, 7) is 2.26. The average Bonchev–Trinajstić information content (AvgIpc) is 4.02. The van der Waals surface area contributed by atoms with Crippen LogP contribution in [-0.2, 0) is 6.42 Å². The van der Waals surface area contributed by atoms with Crippen LogP contribution in [0.3, 0.4) is 0 Å². The van der Waals surface area contributed by atoms with Crippen molar-refractivity contribution in [1.29, 1.82) is 0 Å². The van der Waals surface area contributed by atoms with E-state index in [9.17, 15) is 0 Å². The Labute approximate surface area is 331 Å². The van der Waals surface area contributed by atoms with E-state index >= 15 is 0 Å². The molecule has 2 N–H and O–H groups in total. The predicted octanol–water partition coefficient (Wildman–Crippen LogP) is 14.4. The standard InChI is InChI=1S/C53H40N4/c1-2-3-5-16-33-27-29-35(30-28-33)49-52-42-25-14-10-21-38(42)46(56-52)31-44-36-19-8-12-23-40(36)50(54-44)48(34-17-6-4-7-18-34)51-41-24-13-9-20-37(41)45(55-51)32-47-39-22-11-15-26-43(39)53(49)57-47/h4,6-15,17-32,54,57H,2-3,5,16H2,1H3. The maximum absolute atomic E-state index is 5.61. The van der Waals surface area contributed by atoms with E-state index in [1.165, 1.54) is 24.8 Å². The Hall–Kier alpha value is -7.04. The molecule has 0 saturated heterocycles. The third-order valence-corrected chi connectivity index (χ3v) is 11.8. The van der Waals surface area contributed by atoms with Gasteiger partial charge in [-0.25, -0.2) is 9.97 Å². The molecule has 11 rings (SSSR count). The van der Waals surface area contributed by atoms with E-state index in [4.69, 9.17) is 9.97 Å². The second-order valence-corrected chi connectivity index (χ2v) is 15.3. The van der Waals surface area contributed by atoms with E-state index in [-0.39, 0.29) is 0 Å². The minimum atomic E-state index is 0.930. The zero-order valence-electron chi connectivity index (χ0n) is 31.8. The number of rotatable bonds is 6. The highest BCUT2D eigenvalue weighted by atomic mass is 14.8. The summed E-state index contributed by atoms with van der Waals surface area (Å²) in [6, 6.07) is 59.1. The molecular weight excluding hydrogens is 693 g/mol. The number of H-pyrrole nitrogens is 2. The number of unbranched alkanes of at least 4 members (excludes halogenated alkanes) is 2. The van der Waals surface area contributed by atoms with Crippen molar-refractivity contribution in [3.05, 3.63) is 169 Å². The van der Waals surface area contributed by atoms with Gasteiger partial charge in [-0.1, -0.05) is 171 Å². The lowest BCUT2D eigenvalue weighted by molar-refractivity contribution is 0.717. The first-order valence-electron chi connectivity index (χ1n) is 20.2. The van der Waals surface area contributed by atoms with Crippen molar-refractivity contribution in [2.75, 3.05) is 0 Å². The van der Waals surface area contributed by atoms with Crippen LogP contribution in [0.1, 0.15) is 31.7 Å². The molecule has 2 aliphatic heterocycles. The highest BCUT2D eigenvalue weighted by Crippen LogP contribution is 2.47. The van der Waals surface area contributed by atoms with Crippen LogP contribution in [0.5, 0.6) is 0 Å². The molecule has 0 radical (unpaired) electrons. The molecule has 4 heteroatoms. The summed E-state index contributed by atoms with van der Waals surface area (Å²) in [5, 5.41) is 4.59. The van der Waals surface area contributed by atoms with Crippen LogP contribution in [0, 0.1) is 0 Å². The topological polar surface area (TPSA) is 57.4 Å². The lowest BCUT2D eigenvalue weighted by Gasteiger charge is -2.09. The van der Waals surface area contributed by atoms with E-state index < -0.39 is 0 Å². The summed E-state index contributed by atoms with van der Waals surface area (Å²) in [7, 11) is 0. The highest BCUT2D eigenvalue weighted by Gasteiger charge is 2.25. The molecule has 0 unspecified atom stereocenters. The molecule has 0 spiro atoms. The third-order valence-electron chi connectivity index (χ3n) is 11.8. The Morgan fingerprint density at radius 1 is 0.421 bits per heavy atom. The molecule has 0 aliphatic carbocycles. The lowest BCUT2D eigenvalue weighted by atomic mass is 9.95. The fourth-order valence-corrected chi connectivity index (χ4v) is 9.04. The van der Waals surface area contributed by atoms with Crippen LogP contribution in [0.4, 0.5) is 0 Å². The summed E-state index contributed by atoms with van der Waals surface area (Å²) in [5.74, 6) is 0. The van der Waals surface area contributed by atoms with Crippen molar-refractivity contribution in [2.24, 2.45) is 0 Å². The van der Waals surface area contributed by atoms with Crippen molar-refractivity contribution in [1.82, 2.24) is 19.9 Å². The molecular formula is C53H40N4. The van der Waals surface area contributed by atoms with Gasteiger partial charge in [-0.2, -0.15) is 0 Å². The number of nitrogens with one attached hydrogen (secondary N) is 2. The molecule has 5 heterocycles. The van der Waals surface area contributed by atoms with Gasteiger partial charge in [0.05, 0.1) is 33.8 Å². The fraction of sp³-hybridized carbons (Fsp3) is 0.0943. The number of benzene rings is 6. The minimum Gasteiger partial charge on any atom is -0.354 e. The molecule has 0 atom stereocenters. The number of fused-ring (bicyclic) bond motifs is 20. The Balaban J connectivity index is 1.35. The van der Waals surface area contributed by atoms with Gasteiger partial charge in [-0.15, -0.1) is 0 Å². The van der Waals surface area contributed by atoms with Crippen molar-refractivity contribution in [3.63, 3.8) is 0 Å². The molecule has 0 amide bonds. The largest absolute Gasteiger partial charge is 0.354 e. The number of hydrogen-bond acceptors (Lipinski definition) is 2. The highest BCUT2D eigenvalue weighted by molar-refractivity contribution is 6.16. The molecule has 3 aromatic heterocycles. The second kappa shape index (κ2) is 13.6. The van der Waals surface area contributed by atoms with E-state index in [1.807, 2.05) is 0 Å². The quantitative estimate of drug-likeness (QED) is 0.167. The summed E-state index contributed by atoms with van der Waals surface area (Å²) in [4.78, 5) is 19.1. The van der Waals surface area contributed by atoms with E-state index in [2.05, 4.69) is 181 Å². The first-order chi connectivity index (χ1) is 28.2. The summed E-state index contributed by atoms with van der Waals surface area (Å²) >= 11 is 0. The molecule has 272 valence electrons. The molecule has 0 saturated carbocycles. The molecule has 4 nitrogen and oxygen atoms in total. The third kappa shape index (κ3) is 5.51. The van der Waals surface area contributed by atoms with E-state index in [1.54, 1.807) is 0 Å². The number of aryl methyl sites for hydroxylation is 1. The first kappa shape index (κ1) is 33.3. The van der Waals surface area contributed by atoms with Crippen LogP contribution >= 0.6 is 0 Å². The minimum absolute atomic E-state index is 0.930. The summed E-state index contributed by atoms with van der Waals surface area (Å²) in [6.07, 6.45) is 4.75. The van der Waals surface area contributed by atoms with Gasteiger partial charge in [-0.3, -0.25) is 0 Å². The lowest BCUT2D eigenvalue weighted by Crippen LogP contribution is -1.89. The van der Waals surface area contributed by atoms with Gasteiger partial charge < -0.3 is 9.97 Å². The number of aromatic nitrogens is 4. The smallest absolute Gasteiger partial charge is 0.0815 e. The predicted molar refractivity (Wildman–Crippen MR) is 239 cm³/mol.